The summed E-state index contributed by atoms with van der Waals surface area (Å²) in [6.07, 6.45) is 0. The lowest BCUT2D eigenvalue weighted by Crippen LogP contribution is -2.38. The Labute approximate surface area is 94.6 Å². The van der Waals surface area contributed by atoms with Crippen LogP contribution in [0.2, 0.25) is 0 Å². The van der Waals surface area contributed by atoms with E-state index < -0.39 is 11.6 Å². The number of nitrogens with one attached hydrogen (secondary N) is 1. The molecule has 0 aliphatic heterocycles. The van der Waals surface area contributed by atoms with Gasteiger partial charge in [0.25, 0.3) is 5.91 Å². The van der Waals surface area contributed by atoms with Crippen LogP contribution in [-0.2, 0) is 11.3 Å². The minimum absolute atomic E-state index is 0.132. The van der Waals surface area contributed by atoms with Crippen molar-refractivity contribution in [2.75, 3.05) is 0 Å². The first kappa shape index (κ1) is 11.9. The number of hydrogen-bond donors (Lipinski definition) is 2. The number of aromatic nitrogens is 2. The van der Waals surface area contributed by atoms with Gasteiger partial charge in [0.2, 0.25) is 0 Å². The number of hydrazine groups is 1. The molecule has 0 saturated heterocycles. The highest BCUT2D eigenvalue weighted by molar-refractivity contribution is 9.10. The molecule has 1 aromatic heterocycles. The van der Waals surface area contributed by atoms with Gasteiger partial charge in [-0.2, -0.15) is 4.98 Å². The van der Waals surface area contributed by atoms with Crippen molar-refractivity contribution < 1.29 is 4.79 Å². The normalized spacial score (nSPS) is 10.1. The fourth-order valence-electron chi connectivity index (χ4n) is 1.15. The second-order valence-corrected chi connectivity index (χ2v) is 3.83. The molecule has 1 amide bonds. The number of rotatable bonds is 2. The molecule has 0 bridgehead atoms. The van der Waals surface area contributed by atoms with Crippen molar-refractivity contribution in [2.24, 2.45) is 5.84 Å². The smallest absolute Gasteiger partial charge is 0.293 e. The average molecular weight is 275 g/mol. The number of nitrogens with two attached hydrogens (primary N) is 1. The molecule has 0 radical (unpaired) electrons. The molecule has 0 unspecified atom stereocenters. The van der Waals surface area contributed by atoms with Crippen LogP contribution in [0.3, 0.4) is 0 Å². The van der Waals surface area contributed by atoms with E-state index in [4.69, 9.17) is 5.84 Å². The SMILES string of the molecule is Cc1nc(=O)n(CC(=O)NN)c(C)c1Br. The van der Waals surface area contributed by atoms with E-state index in [1.807, 2.05) is 5.43 Å². The molecule has 1 rings (SSSR count). The molecule has 1 aromatic rings. The van der Waals surface area contributed by atoms with Crippen molar-refractivity contribution in [3.63, 3.8) is 0 Å². The molecule has 15 heavy (non-hydrogen) atoms. The summed E-state index contributed by atoms with van der Waals surface area (Å²) in [5.74, 6) is 4.49. The van der Waals surface area contributed by atoms with Gasteiger partial charge >= 0.3 is 5.69 Å². The highest BCUT2D eigenvalue weighted by atomic mass is 79.9. The Kier molecular flexibility index (Phi) is 3.59. The maximum Gasteiger partial charge on any atom is 0.348 e. The minimum Gasteiger partial charge on any atom is -0.293 e. The lowest BCUT2D eigenvalue weighted by atomic mass is 10.3. The van der Waals surface area contributed by atoms with Crippen LogP contribution in [0.4, 0.5) is 0 Å². The minimum atomic E-state index is -0.461. The molecule has 6 nitrogen and oxygen atoms in total. The molecule has 0 fully saturated rings. The molecular formula is C8H11BrN4O2. The highest BCUT2D eigenvalue weighted by Crippen LogP contribution is 2.16. The van der Waals surface area contributed by atoms with Crippen LogP contribution in [0, 0.1) is 13.8 Å². The number of halogens is 1. The van der Waals surface area contributed by atoms with Gasteiger partial charge in [0, 0.05) is 5.69 Å². The molecule has 0 aliphatic carbocycles. The van der Waals surface area contributed by atoms with Crippen molar-refractivity contribution >= 4 is 21.8 Å². The van der Waals surface area contributed by atoms with E-state index in [1.165, 1.54) is 4.57 Å². The lowest BCUT2D eigenvalue weighted by molar-refractivity contribution is -0.121. The monoisotopic (exact) mass is 274 g/mol. The van der Waals surface area contributed by atoms with Gasteiger partial charge in [-0.05, 0) is 29.8 Å². The summed E-state index contributed by atoms with van der Waals surface area (Å²) < 4.78 is 1.96. The third-order valence-corrected chi connectivity index (χ3v) is 3.14. The molecule has 0 aliphatic rings. The second-order valence-electron chi connectivity index (χ2n) is 3.03. The second kappa shape index (κ2) is 4.54. The number of amides is 1. The third kappa shape index (κ3) is 2.42. The van der Waals surface area contributed by atoms with E-state index in [2.05, 4.69) is 20.9 Å². The summed E-state index contributed by atoms with van der Waals surface area (Å²) in [6, 6.07) is 0. The van der Waals surface area contributed by atoms with Crippen LogP contribution >= 0.6 is 15.9 Å². The van der Waals surface area contributed by atoms with Crippen molar-refractivity contribution in [1.82, 2.24) is 15.0 Å². The van der Waals surface area contributed by atoms with E-state index in [0.29, 0.717) is 15.9 Å². The van der Waals surface area contributed by atoms with E-state index in [1.54, 1.807) is 13.8 Å². The molecule has 7 heteroatoms. The quantitative estimate of drug-likeness (QED) is 0.437. The largest absolute Gasteiger partial charge is 0.348 e. The van der Waals surface area contributed by atoms with E-state index in [-0.39, 0.29) is 6.54 Å². The summed E-state index contributed by atoms with van der Waals surface area (Å²) in [6.45, 7) is 3.31. The molecule has 0 saturated carbocycles. The molecule has 0 atom stereocenters. The first-order valence-corrected chi connectivity index (χ1v) is 4.99. The molecule has 82 valence electrons. The summed E-state index contributed by atoms with van der Waals surface area (Å²) >= 11 is 3.29. The van der Waals surface area contributed by atoms with Gasteiger partial charge in [0.05, 0.1) is 10.2 Å². The Morgan fingerprint density at radius 3 is 2.73 bits per heavy atom. The van der Waals surface area contributed by atoms with Crippen molar-refractivity contribution in [1.29, 1.82) is 0 Å². The van der Waals surface area contributed by atoms with Crippen LogP contribution in [0.15, 0.2) is 9.27 Å². The molecule has 3 N–H and O–H groups in total. The molecular weight excluding hydrogens is 264 g/mol. The zero-order valence-electron chi connectivity index (χ0n) is 8.37. The van der Waals surface area contributed by atoms with Crippen molar-refractivity contribution in [3.8, 4) is 0 Å². The summed E-state index contributed by atoms with van der Waals surface area (Å²) in [4.78, 5) is 26.3. The predicted octanol–water partition coefficient (Wildman–Crippen LogP) is -0.387. The number of carbonyl (C=O) groups is 1. The first-order chi connectivity index (χ1) is 6.97. The van der Waals surface area contributed by atoms with Gasteiger partial charge in [-0.15, -0.1) is 0 Å². The van der Waals surface area contributed by atoms with E-state index in [9.17, 15) is 9.59 Å². The van der Waals surface area contributed by atoms with Gasteiger partial charge < -0.3 is 0 Å². The number of carbonyl (C=O) groups excluding carboxylic acids is 1. The first-order valence-electron chi connectivity index (χ1n) is 4.20. The van der Waals surface area contributed by atoms with Gasteiger partial charge in [-0.1, -0.05) is 0 Å². The Morgan fingerprint density at radius 2 is 2.20 bits per heavy atom. The highest BCUT2D eigenvalue weighted by Gasteiger charge is 2.11. The average Bonchev–Trinajstić information content (AvgIpc) is 2.21. The fraction of sp³-hybridized carbons (Fsp3) is 0.375. The Morgan fingerprint density at radius 1 is 1.60 bits per heavy atom. The van der Waals surface area contributed by atoms with Gasteiger partial charge in [0.15, 0.2) is 0 Å². The number of nitrogens with zero attached hydrogens (tertiary/aromatic N) is 2. The molecule has 0 spiro atoms. The summed E-state index contributed by atoms with van der Waals surface area (Å²) in [7, 11) is 0. The third-order valence-electron chi connectivity index (χ3n) is 2.00. The zero-order chi connectivity index (χ0) is 11.6. The maximum absolute atomic E-state index is 11.5. The van der Waals surface area contributed by atoms with Gasteiger partial charge in [-0.25, -0.2) is 10.6 Å². The fourth-order valence-corrected chi connectivity index (χ4v) is 1.45. The molecule has 1 heterocycles. The Balaban J connectivity index is 3.24. The summed E-state index contributed by atoms with van der Waals surface area (Å²) in [5, 5.41) is 0. The van der Waals surface area contributed by atoms with Crippen LogP contribution in [0.1, 0.15) is 11.4 Å². The zero-order valence-corrected chi connectivity index (χ0v) is 9.96. The van der Waals surface area contributed by atoms with Crippen LogP contribution in [-0.4, -0.2) is 15.5 Å². The van der Waals surface area contributed by atoms with Crippen molar-refractivity contribution in [3.05, 3.63) is 26.3 Å². The standard InChI is InChI=1S/C8H11BrN4O2/c1-4-7(9)5(2)13(8(15)11-4)3-6(14)12-10/h3,10H2,1-2H3,(H,12,14). The Bertz CT molecular complexity index is 455. The van der Waals surface area contributed by atoms with Crippen LogP contribution < -0.4 is 17.0 Å². The summed E-state index contributed by atoms with van der Waals surface area (Å²) in [5.41, 5.74) is 2.75. The Hall–Kier alpha value is -1.21. The van der Waals surface area contributed by atoms with E-state index in [0.717, 1.165) is 0 Å². The van der Waals surface area contributed by atoms with Gasteiger partial charge in [-0.3, -0.25) is 14.8 Å². The topological polar surface area (TPSA) is 90.0 Å². The van der Waals surface area contributed by atoms with E-state index >= 15 is 0 Å². The van der Waals surface area contributed by atoms with Crippen LogP contribution in [0.25, 0.3) is 0 Å². The molecule has 0 aromatic carbocycles. The number of hydrogen-bond acceptors (Lipinski definition) is 4. The predicted molar refractivity (Wildman–Crippen MR) is 58.0 cm³/mol. The van der Waals surface area contributed by atoms with Crippen molar-refractivity contribution in [2.45, 2.75) is 20.4 Å². The maximum atomic E-state index is 11.5. The number of aryl methyl sites for hydroxylation is 1. The lowest BCUT2D eigenvalue weighted by Gasteiger charge is -2.10. The van der Waals surface area contributed by atoms with Gasteiger partial charge in [0.1, 0.15) is 6.54 Å². The van der Waals surface area contributed by atoms with Crippen LogP contribution in [0.5, 0.6) is 0 Å².